The van der Waals surface area contributed by atoms with E-state index in [0.29, 0.717) is 52.1 Å². The van der Waals surface area contributed by atoms with Gasteiger partial charge in [-0.1, -0.05) is 103 Å². The molecular weight excluding hydrogens is 962 g/mol. The van der Waals surface area contributed by atoms with Crippen molar-refractivity contribution >= 4 is 108 Å². The Morgan fingerprint density at radius 3 is 1.98 bits per heavy atom. The van der Waals surface area contributed by atoms with Gasteiger partial charge in [0, 0.05) is 22.3 Å². The molecule has 6 N–H and O–H groups in total. The van der Waals surface area contributed by atoms with Crippen LogP contribution in [0.4, 0.5) is 22.7 Å². The number of aryl methyl sites for hydroxylation is 2. The van der Waals surface area contributed by atoms with Gasteiger partial charge in [0.1, 0.15) is 17.2 Å². The predicted molar refractivity (Wildman–Crippen MR) is 262 cm³/mol. The second kappa shape index (κ2) is 23.9. The number of ether oxygens (including phenoxy) is 2. The highest BCUT2D eigenvalue weighted by Gasteiger charge is 2.23. The topological polar surface area (TPSA) is 192 Å². The molecule has 2 atom stereocenters. The molecule has 19 heteroatoms. The molecule has 5 rings (SSSR count). The van der Waals surface area contributed by atoms with E-state index in [1.54, 1.807) is 0 Å². The molecule has 0 spiro atoms. The maximum atomic E-state index is 12.7. The van der Waals surface area contributed by atoms with Crippen molar-refractivity contribution in [2.24, 2.45) is 0 Å². The molecule has 0 saturated heterocycles. The molecule has 0 radical (unpaired) electrons. The molecule has 65 heavy (non-hydrogen) atoms. The number of hydrogen-bond acceptors (Lipinski definition) is 9. The number of carbonyl (C=O) groups excluding carboxylic acids is 3. The van der Waals surface area contributed by atoms with Crippen LogP contribution in [0.1, 0.15) is 74.0 Å². The molecule has 0 heterocycles. The second-order valence-corrected chi connectivity index (χ2v) is 18.5. The van der Waals surface area contributed by atoms with Gasteiger partial charge >= 0.3 is 0 Å². The summed E-state index contributed by atoms with van der Waals surface area (Å²) < 4.78 is 38.1. The van der Waals surface area contributed by atoms with Gasteiger partial charge in [0.2, 0.25) is 10.0 Å². The summed E-state index contributed by atoms with van der Waals surface area (Å²) in [4.78, 5) is 37.8. The Morgan fingerprint density at radius 1 is 0.708 bits per heavy atom. The third-order valence-corrected chi connectivity index (χ3v) is 12.7. The summed E-state index contributed by atoms with van der Waals surface area (Å²) in [6, 6.07) is 20.2. The Hall–Kier alpha value is -5.09. The van der Waals surface area contributed by atoms with Gasteiger partial charge in [-0.2, -0.15) is 0 Å². The minimum atomic E-state index is -3.44. The van der Waals surface area contributed by atoms with E-state index in [-0.39, 0.29) is 60.9 Å². The van der Waals surface area contributed by atoms with Crippen molar-refractivity contribution in [3.63, 3.8) is 0 Å². The standard InChI is InChI=1S/C26H26Cl3N3O6S.C20H23Cl2NO3/c1-3-4-11-39(36,37)32-17-6-8-18(9-7-17)38-15(2)25(34)30-22-14-24(33)23(13-21(22)29)31-26(35)16-5-10-19(27)20(28)12-16;1-5-13-14(21)10-15(19(24)18(13)22)23-20(25)16(6-2)26-17-8-7-11(3)9-12(17)4/h5-10,12-15,32-33H,3-4,11H2,1-2H3,(H,30,34)(H,31,35);7-10,16,24H,5-6H2,1-4H3,(H,23,25). The molecule has 5 aromatic carbocycles. The van der Waals surface area contributed by atoms with E-state index in [0.717, 1.165) is 17.5 Å². The first kappa shape index (κ1) is 52.5. The zero-order valence-corrected chi connectivity index (χ0v) is 40.8. The zero-order chi connectivity index (χ0) is 48.2. The van der Waals surface area contributed by atoms with Gasteiger partial charge in [-0.3, -0.25) is 19.1 Å². The second-order valence-electron chi connectivity index (χ2n) is 14.7. The van der Waals surface area contributed by atoms with Crippen LogP contribution in [0.5, 0.6) is 23.0 Å². The Balaban J connectivity index is 0.000000309. The summed E-state index contributed by atoms with van der Waals surface area (Å²) in [7, 11) is -3.44. The number of halogens is 5. The van der Waals surface area contributed by atoms with Gasteiger partial charge in [-0.25, -0.2) is 8.42 Å². The predicted octanol–water partition coefficient (Wildman–Crippen LogP) is 12.2. The van der Waals surface area contributed by atoms with Gasteiger partial charge in [-0.15, -0.1) is 0 Å². The van der Waals surface area contributed by atoms with Crippen LogP contribution >= 0.6 is 58.0 Å². The van der Waals surface area contributed by atoms with E-state index in [2.05, 4.69) is 20.7 Å². The molecule has 0 aromatic heterocycles. The molecule has 348 valence electrons. The smallest absolute Gasteiger partial charge is 0.265 e. The van der Waals surface area contributed by atoms with E-state index in [1.165, 1.54) is 67.6 Å². The Morgan fingerprint density at radius 2 is 1.37 bits per heavy atom. The van der Waals surface area contributed by atoms with Gasteiger partial charge in [0.05, 0.1) is 42.9 Å². The van der Waals surface area contributed by atoms with Crippen LogP contribution in [-0.4, -0.2) is 54.3 Å². The van der Waals surface area contributed by atoms with Crippen molar-refractivity contribution in [1.29, 1.82) is 0 Å². The molecule has 0 bridgehead atoms. The lowest BCUT2D eigenvalue weighted by Crippen LogP contribution is -2.32. The number of unbranched alkanes of at least 4 members (excludes halogenated alkanes) is 1. The minimum Gasteiger partial charge on any atom is -0.506 e. The number of carbonyl (C=O) groups is 3. The third-order valence-electron chi connectivity index (χ3n) is 9.51. The summed E-state index contributed by atoms with van der Waals surface area (Å²) in [6.07, 6.45) is 0.685. The van der Waals surface area contributed by atoms with E-state index in [1.807, 2.05) is 52.8 Å². The fourth-order valence-corrected chi connectivity index (χ4v) is 8.43. The van der Waals surface area contributed by atoms with E-state index in [9.17, 15) is 33.0 Å². The number of rotatable bonds is 17. The van der Waals surface area contributed by atoms with E-state index in [4.69, 9.17) is 67.5 Å². The van der Waals surface area contributed by atoms with Crippen molar-refractivity contribution in [2.75, 3.05) is 26.4 Å². The molecule has 13 nitrogen and oxygen atoms in total. The largest absolute Gasteiger partial charge is 0.506 e. The molecule has 0 aliphatic heterocycles. The van der Waals surface area contributed by atoms with Crippen LogP contribution < -0.4 is 30.1 Å². The third kappa shape index (κ3) is 15.0. The molecule has 0 aliphatic rings. The number of nitrogens with one attached hydrogen (secondary N) is 4. The van der Waals surface area contributed by atoms with Gasteiger partial charge in [0.15, 0.2) is 18.0 Å². The highest BCUT2D eigenvalue weighted by atomic mass is 35.5. The first-order valence-corrected chi connectivity index (χ1v) is 23.8. The fourth-order valence-electron chi connectivity index (χ4n) is 5.94. The van der Waals surface area contributed by atoms with Gasteiger partial charge in [0.25, 0.3) is 17.7 Å². The van der Waals surface area contributed by atoms with E-state index < -0.39 is 34.0 Å². The van der Waals surface area contributed by atoms with Crippen LogP contribution in [0.25, 0.3) is 0 Å². The minimum absolute atomic E-state index is 0.0174. The fraction of sp³-hybridized carbons (Fsp3) is 0.283. The lowest BCUT2D eigenvalue weighted by atomic mass is 10.1. The van der Waals surface area contributed by atoms with Crippen molar-refractivity contribution in [3.8, 4) is 23.0 Å². The average molecular weight is 1010 g/mol. The highest BCUT2D eigenvalue weighted by Crippen LogP contribution is 2.40. The number of hydrogen-bond donors (Lipinski definition) is 6. The molecule has 3 amide bonds. The van der Waals surface area contributed by atoms with Crippen LogP contribution in [-0.2, 0) is 26.0 Å². The number of anilines is 4. The quantitative estimate of drug-likeness (QED) is 0.0492. The average Bonchev–Trinajstić information content (AvgIpc) is 3.25. The van der Waals surface area contributed by atoms with Crippen LogP contribution in [0, 0.1) is 13.8 Å². The van der Waals surface area contributed by atoms with Crippen molar-refractivity contribution in [2.45, 2.75) is 79.4 Å². The maximum absolute atomic E-state index is 12.7. The van der Waals surface area contributed by atoms with Crippen LogP contribution in [0.3, 0.4) is 0 Å². The Bertz CT molecular complexity index is 2630. The number of benzene rings is 5. The lowest BCUT2D eigenvalue weighted by Gasteiger charge is -2.20. The Labute approximate surface area is 403 Å². The van der Waals surface area contributed by atoms with Crippen molar-refractivity contribution in [1.82, 2.24) is 0 Å². The zero-order valence-electron chi connectivity index (χ0n) is 36.2. The Kier molecular flexibility index (Phi) is 19.3. The summed E-state index contributed by atoms with van der Waals surface area (Å²) in [5.74, 6) is -1.01. The van der Waals surface area contributed by atoms with Crippen LogP contribution in [0.15, 0.2) is 78.9 Å². The van der Waals surface area contributed by atoms with Crippen LogP contribution in [0.2, 0.25) is 25.1 Å². The molecule has 0 saturated carbocycles. The first-order chi connectivity index (χ1) is 30.7. The summed E-state index contributed by atoms with van der Waals surface area (Å²) in [5.41, 5.74) is 3.60. The first-order valence-electron chi connectivity index (χ1n) is 20.3. The number of aromatic hydroxyl groups is 2. The monoisotopic (exact) mass is 1010 g/mol. The van der Waals surface area contributed by atoms with Crippen molar-refractivity contribution in [3.05, 3.63) is 126 Å². The van der Waals surface area contributed by atoms with E-state index >= 15 is 0 Å². The maximum Gasteiger partial charge on any atom is 0.265 e. The summed E-state index contributed by atoms with van der Waals surface area (Å²) in [5, 5.41) is 29.5. The molecule has 5 aromatic rings. The molecular formula is C46H49Cl5N4O9S. The molecule has 2 unspecified atom stereocenters. The molecule has 0 fully saturated rings. The normalized spacial score (nSPS) is 11.9. The number of phenolic OH excluding ortho intramolecular Hbond substituents is 2. The number of sulfonamides is 1. The highest BCUT2D eigenvalue weighted by molar-refractivity contribution is 7.92. The SMILES string of the molecule is CCCCS(=O)(=O)Nc1ccc(OC(C)C(=O)Nc2cc(O)c(NC(=O)c3ccc(Cl)c(Cl)c3)cc2Cl)cc1.CCc1c(Cl)cc(NC(=O)C(CC)Oc2ccc(C)cc2C)c(O)c1Cl. The van der Waals surface area contributed by atoms with Gasteiger partial charge < -0.3 is 35.6 Å². The summed E-state index contributed by atoms with van der Waals surface area (Å²) >= 11 is 30.4. The molecule has 0 aliphatic carbocycles. The van der Waals surface area contributed by atoms with Crippen molar-refractivity contribution < 1.29 is 42.5 Å². The lowest BCUT2D eigenvalue weighted by molar-refractivity contribution is -0.123. The number of amides is 3. The van der Waals surface area contributed by atoms with Gasteiger partial charge in [-0.05, 0) is 112 Å². The summed E-state index contributed by atoms with van der Waals surface area (Å²) in [6.45, 7) is 11.1. The number of phenols is 2.